The predicted octanol–water partition coefficient (Wildman–Crippen LogP) is 3.47. The summed E-state index contributed by atoms with van der Waals surface area (Å²) in [5.41, 5.74) is 7.20. The van der Waals surface area contributed by atoms with Crippen molar-refractivity contribution in [2.75, 3.05) is 5.73 Å². The van der Waals surface area contributed by atoms with E-state index in [9.17, 15) is 13.2 Å². The number of hydrogen-bond donors (Lipinski definition) is 3. The molecule has 0 aliphatic heterocycles. The topological polar surface area (TPSA) is 70.5 Å². The van der Waals surface area contributed by atoms with Gasteiger partial charge in [-0.1, -0.05) is 6.07 Å². The number of aryl methyl sites for hydroxylation is 1. The Morgan fingerprint density at radius 3 is 2.60 bits per heavy atom. The summed E-state index contributed by atoms with van der Waals surface area (Å²) in [5.74, 6) is 0. The first kappa shape index (κ1) is 12.6. The second-order valence-corrected chi connectivity index (χ2v) is 4.55. The summed E-state index contributed by atoms with van der Waals surface area (Å²) in [6.45, 7) is 1.70. The summed E-state index contributed by atoms with van der Waals surface area (Å²) in [6.07, 6.45) is -3.05. The third kappa shape index (κ3) is 1.74. The van der Waals surface area contributed by atoms with Gasteiger partial charge in [0.05, 0.1) is 23.1 Å². The zero-order valence-electron chi connectivity index (χ0n) is 10.5. The monoisotopic (exact) mass is 280 g/mol. The molecule has 0 fully saturated rings. The van der Waals surface area contributed by atoms with Crippen molar-refractivity contribution in [3.63, 3.8) is 0 Å². The summed E-state index contributed by atoms with van der Waals surface area (Å²) in [5, 5.41) is 6.53. The summed E-state index contributed by atoms with van der Waals surface area (Å²) < 4.78 is 39.5. The third-order valence-electron chi connectivity index (χ3n) is 3.24. The van der Waals surface area contributed by atoms with Gasteiger partial charge in [-0.25, -0.2) is 0 Å². The minimum Gasteiger partial charge on any atom is -0.396 e. The lowest BCUT2D eigenvalue weighted by atomic mass is 10.0. The fourth-order valence-electron chi connectivity index (χ4n) is 2.42. The number of nitrogen functional groups attached to an aromatic ring is 1. The van der Waals surface area contributed by atoms with Crippen molar-refractivity contribution >= 4 is 16.6 Å². The molecule has 0 radical (unpaired) electrons. The number of aromatic amines is 2. The van der Waals surface area contributed by atoms with Gasteiger partial charge in [-0.3, -0.25) is 5.10 Å². The Labute approximate surface area is 111 Å². The van der Waals surface area contributed by atoms with E-state index in [-0.39, 0.29) is 5.39 Å². The molecular weight excluding hydrogens is 269 g/mol. The fraction of sp³-hybridized carbons (Fsp3) is 0.154. The summed E-state index contributed by atoms with van der Waals surface area (Å²) in [6, 6.07) is 4.04. The van der Waals surface area contributed by atoms with Gasteiger partial charge in [0.2, 0.25) is 0 Å². The van der Waals surface area contributed by atoms with Crippen molar-refractivity contribution < 1.29 is 13.2 Å². The molecule has 3 aromatic rings. The molecule has 2 heterocycles. The minimum atomic E-state index is -4.43. The Hall–Kier alpha value is -2.44. The van der Waals surface area contributed by atoms with E-state index in [0.29, 0.717) is 28.2 Å². The maximum Gasteiger partial charge on any atom is 0.417 e. The van der Waals surface area contributed by atoms with Crippen LogP contribution in [0.25, 0.3) is 22.2 Å². The zero-order chi connectivity index (χ0) is 14.5. The number of aromatic nitrogens is 3. The molecule has 0 atom stereocenters. The summed E-state index contributed by atoms with van der Waals surface area (Å²) in [4.78, 5) is 2.95. The van der Waals surface area contributed by atoms with Crippen LogP contribution in [0.1, 0.15) is 11.3 Å². The number of alkyl halides is 3. The van der Waals surface area contributed by atoms with E-state index >= 15 is 0 Å². The number of nitrogens with two attached hydrogens (primary N) is 1. The molecule has 2 aromatic heterocycles. The number of H-pyrrole nitrogens is 2. The van der Waals surface area contributed by atoms with E-state index in [1.165, 1.54) is 12.3 Å². The van der Waals surface area contributed by atoms with Crippen LogP contribution in [-0.4, -0.2) is 15.2 Å². The van der Waals surface area contributed by atoms with E-state index in [1.807, 2.05) is 0 Å². The highest BCUT2D eigenvalue weighted by molar-refractivity contribution is 6.01. The average molecular weight is 280 g/mol. The van der Waals surface area contributed by atoms with Gasteiger partial charge < -0.3 is 10.7 Å². The quantitative estimate of drug-likeness (QED) is 0.638. The lowest BCUT2D eigenvalue weighted by Gasteiger charge is -2.10. The SMILES string of the molecule is Cc1[nH]c2cccc(C(F)(F)F)c2c1-c1[nH]ncc1N. The molecule has 0 amide bonds. The van der Waals surface area contributed by atoms with Crippen molar-refractivity contribution in [1.82, 2.24) is 15.2 Å². The van der Waals surface area contributed by atoms with Gasteiger partial charge in [0.25, 0.3) is 0 Å². The van der Waals surface area contributed by atoms with E-state index in [2.05, 4.69) is 15.2 Å². The standard InChI is InChI=1S/C13H11F3N4/c1-6-10(12-8(17)5-18-20-12)11-7(13(14,15)16)3-2-4-9(11)19-6/h2-5,19H,17H2,1H3,(H,18,20). The van der Waals surface area contributed by atoms with Gasteiger partial charge in [-0.2, -0.15) is 18.3 Å². The fourth-order valence-corrected chi connectivity index (χ4v) is 2.42. The number of halogens is 3. The van der Waals surface area contributed by atoms with E-state index in [1.54, 1.807) is 13.0 Å². The number of nitrogens with one attached hydrogen (secondary N) is 2. The Bertz CT molecular complexity index is 783. The highest BCUT2D eigenvalue weighted by Gasteiger charge is 2.34. The Balaban J connectivity index is 2.43. The molecule has 0 aliphatic rings. The van der Waals surface area contributed by atoms with Crippen LogP contribution in [0.3, 0.4) is 0 Å². The highest BCUT2D eigenvalue weighted by Crippen LogP contribution is 2.41. The second kappa shape index (κ2) is 4.03. The Morgan fingerprint density at radius 2 is 2.00 bits per heavy atom. The van der Waals surface area contributed by atoms with Crippen LogP contribution < -0.4 is 5.73 Å². The van der Waals surface area contributed by atoms with Crippen molar-refractivity contribution in [2.24, 2.45) is 0 Å². The molecule has 0 bridgehead atoms. The first-order valence-corrected chi connectivity index (χ1v) is 5.87. The largest absolute Gasteiger partial charge is 0.417 e. The first-order chi connectivity index (χ1) is 9.39. The maximum absolute atomic E-state index is 13.2. The molecule has 104 valence electrons. The minimum absolute atomic E-state index is 0.105. The Morgan fingerprint density at radius 1 is 1.25 bits per heavy atom. The van der Waals surface area contributed by atoms with Crippen molar-refractivity contribution in [3.05, 3.63) is 35.7 Å². The van der Waals surface area contributed by atoms with Crippen LogP contribution >= 0.6 is 0 Å². The normalized spacial score (nSPS) is 12.2. The molecule has 3 rings (SSSR count). The maximum atomic E-state index is 13.2. The van der Waals surface area contributed by atoms with Crippen LogP contribution in [0.15, 0.2) is 24.4 Å². The van der Waals surface area contributed by atoms with Crippen molar-refractivity contribution in [2.45, 2.75) is 13.1 Å². The number of nitrogens with zero attached hydrogens (tertiary/aromatic N) is 1. The lowest BCUT2D eigenvalue weighted by molar-refractivity contribution is -0.136. The predicted molar refractivity (Wildman–Crippen MR) is 70.0 cm³/mol. The van der Waals surface area contributed by atoms with Crippen molar-refractivity contribution in [3.8, 4) is 11.3 Å². The number of hydrogen-bond acceptors (Lipinski definition) is 2. The highest BCUT2D eigenvalue weighted by atomic mass is 19.4. The zero-order valence-corrected chi connectivity index (χ0v) is 10.5. The molecule has 0 unspecified atom stereocenters. The average Bonchev–Trinajstić information content (AvgIpc) is 2.89. The Kier molecular flexibility index (Phi) is 2.53. The van der Waals surface area contributed by atoms with Crippen LogP contribution in [0, 0.1) is 6.92 Å². The van der Waals surface area contributed by atoms with Crippen LogP contribution in [0.2, 0.25) is 0 Å². The molecule has 0 saturated carbocycles. The van der Waals surface area contributed by atoms with Crippen LogP contribution in [-0.2, 0) is 6.18 Å². The van der Waals surface area contributed by atoms with Gasteiger partial charge in [0, 0.05) is 22.2 Å². The molecule has 0 saturated heterocycles. The molecule has 0 spiro atoms. The molecule has 1 aromatic carbocycles. The van der Waals surface area contributed by atoms with Crippen LogP contribution in [0.4, 0.5) is 18.9 Å². The first-order valence-electron chi connectivity index (χ1n) is 5.87. The molecular formula is C13H11F3N4. The van der Waals surface area contributed by atoms with Crippen molar-refractivity contribution in [1.29, 1.82) is 0 Å². The van der Waals surface area contributed by atoms with E-state index in [4.69, 9.17) is 5.73 Å². The molecule has 4 nitrogen and oxygen atoms in total. The summed E-state index contributed by atoms with van der Waals surface area (Å²) >= 11 is 0. The van der Waals surface area contributed by atoms with Gasteiger partial charge in [-0.05, 0) is 19.1 Å². The van der Waals surface area contributed by atoms with Gasteiger partial charge in [-0.15, -0.1) is 0 Å². The molecule has 20 heavy (non-hydrogen) atoms. The molecule has 0 aliphatic carbocycles. The molecule has 7 heteroatoms. The molecule has 4 N–H and O–H groups in total. The number of fused-ring (bicyclic) bond motifs is 1. The van der Waals surface area contributed by atoms with Gasteiger partial charge in [0.15, 0.2) is 0 Å². The number of benzene rings is 1. The number of rotatable bonds is 1. The van der Waals surface area contributed by atoms with E-state index < -0.39 is 11.7 Å². The van der Waals surface area contributed by atoms with Crippen LogP contribution in [0.5, 0.6) is 0 Å². The third-order valence-corrected chi connectivity index (χ3v) is 3.24. The van der Waals surface area contributed by atoms with Gasteiger partial charge in [0.1, 0.15) is 0 Å². The van der Waals surface area contributed by atoms with Gasteiger partial charge >= 0.3 is 6.18 Å². The number of anilines is 1. The van der Waals surface area contributed by atoms with E-state index in [0.717, 1.165) is 6.07 Å². The smallest absolute Gasteiger partial charge is 0.396 e. The summed E-state index contributed by atoms with van der Waals surface area (Å²) in [7, 11) is 0. The lowest BCUT2D eigenvalue weighted by Crippen LogP contribution is -2.05. The second-order valence-electron chi connectivity index (χ2n) is 4.55.